The van der Waals surface area contributed by atoms with Crippen LogP contribution in [0.4, 0.5) is 0 Å². The van der Waals surface area contributed by atoms with Crippen LogP contribution < -0.4 is 10.9 Å². The predicted octanol–water partition coefficient (Wildman–Crippen LogP) is 1.92. The minimum Gasteiger partial charge on any atom is -0.317 e. The third-order valence-electron chi connectivity index (χ3n) is 5.71. The van der Waals surface area contributed by atoms with Gasteiger partial charge in [-0.2, -0.15) is 9.61 Å². The lowest BCUT2D eigenvalue weighted by Gasteiger charge is -2.37. The van der Waals surface area contributed by atoms with Gasteiger partial charge in [-0.05, 0) is 70.1 Å². The molecule has 0 spiro atoms. The number of likely N-dealkylation sites (tertiary alicyclic amines) is 1. The molecular weight excluding hydrogens is 334 g/mol. The highest BCUT2D eigenvalue weighted by Gasteiger charge is 2.27. The van der Waals surface area contributed by atoms with E-state index in [1.807, 2.05) is 0 Å². The first-order valence-corrected chi connectivity index (χ1v) is 10.4. The fraction of sp³-hybridized carbons (Fsp3) is 0.722. The molecule has 0 atom stereocenters. The molecule has 0 aliphatic carbocycles. The summed E-state index contributed by atoms with van der Waals surface area (Å²) in [5.41, 5.74) is 0.831. The first-order chi connectivity index (χ1) is 12.2. The van der Waals surface area contributed by atoms with Crippen LogP contribution in [0.1, 0.15) is 43.3 Å². The first kappa shape index (κ1) is 17.1. The standard InChI is InChI=1S/C18H27N5OS/c1-2-16-21-23-17(24)11-15(20-18(23)25-16)12-22-9-5-14(6-10-22)13-3-7-19-8-4-13/h11,13-14,19H,2-10,12H2,1H3. The maximum atomic E-state index is 12.3. The third kappa shape index (κ3) is 3.78. The molecule has 0 aromatic carbocycles. The van der Waals surface area contributed by atoms with E-state index in [-0.39, 0.29) is 5.56 Å². The molecule has 2 aliphatic heterocycles. The molecule has 2 aromatic rings. The molecule has 0 unspecified atom stereocenters. The average Bonchev–Trinajstić information content (AvgIpc) is 3.07. The van der Waals surface area contributed by atoms with E-state index in [9.17, 15) is 4.79 Å². The molecule has 0 saturated carbocycles. The Morgan fingerprint density at radius 1 is 1.20 bits per heavy atom. The normalized spacial score (nSPS) is 21.2. The number of nitrogens with zero attached hydrogens (tertiary/aromatic N) is 4. The number of nitrogens with one attached hydrogen (secondary N) is 1. The molecule has 2 saturated heterocycles. The van der Waals surface area contributed by atoms with Crippen molar-refractivity contribution in [3.63, 3.8) is 0 Å². The second-order valence-corrected chi connectivity index (χ2v) is 8.37. The van der Waals surface area contributed by atoms with Crippen LogP contribution in [-0.2, 0) is 13.0 Å². The van der Waals surface area contributed by atoms with E-state index in [2.05, 4.69) is 27.2 Å². The Bertz CT molecular complexity index is 771. The monoisotopic (exact) mass is 361 g/mol. The van der Waals surface area contributed by atoms with Crippen molar-refractivity contribution in [2.45, 2.75) is 45.6 Å². The molecule has 0 bridgehead atoms. The second kappa shape index (κ2) is 7.51. The minimum atomic E-state index is -0.0551. The van der Waals surface area contributed by atoms with Gasteiger partial charge in [-0.25, -0.2) is 4.98 Å². The summed E-state index contributed by atoms with van der Waals surface area (Å²) in [6.45, 7) is 7.46. The van der Waals surface area contributed by atoms with E-state index in [1.165, 1.54) is 54.6 Å². The number of hydrogen-bond acceptors (Lipinski definition) is 6. The van der Waals surface area contributed by atoms with Crippen LogP contribution in [0, 0.1) is 11.8 Å². The maximum absolute atomic E-state index is 12.3. The number of piperidine rings is 2. The van der Waals surface area contributed by atoms with Crippen molar-refractivity contribution in [1.29, 1.82) is 0 Å². The lowest BCUT2D eigenvalue weighted by Crippen LogP contribution is -2.39. The summed E-state index contributed by atoms with van der Waals surface area (Å²) in [6.07, 6.45) is 6.08. The van der Waals surface area contributed by atoms with Crippen molar-refractivity contribution in [3.05, 3.63) is 27.1 Å². The van der Waals surface area contributed by atoms with Gasteiger partial charge in [0.15, 0.2) is 0 Å². The van der Waals surface area contributed by atoms with Crippen molar-refractivity contribution in [1.82, 2.24) is 24.8 Å². The van der Waals surface area contributed by atoms with E-state index < -0.39 is 0 Å². The van der Waals surface area contributed by atoms with Gasteiger partial charge in [0.25, 0.3) is 5.56 Å². The Kier molecular flexibility index (Phi) is 5.15. The van der Waals surface area contributed by atoms with Crippen LogP contribution in [0.15, 0.2) is 10.9 Å². The van der Waals surface area contributed by atoms with Crippen molar-refractivity contribution in [2.75, 3.05) is 26.2 Å². The van der Waals surface area contributed by atoms with Gasteiger partial charge < -0.3 is 5.32 Å². The van der Waals surface area contributed by atoms with E-state index in [4.69, 9.17) is 0 Å². The molecule has 0 amide bonds. The largest absolute Gasteiger partial charge is 0.317 e. The summed E-state index contributed by atoms with van der Waals surface area (Å²) in [6, 6.07) is 1.66. The average molecular weight is 362 g/mol. The fourth-order valence-corrected chi connectivity index (χ4v) is 5.10. The van der Waals surface area contributed by atoms with Gasteiger partial charge in [0.05, 0.1) is 5.69 Å². The van der Waals surface area contributed by atoms with Crippen LogP contribution in [0.3, 0.4) is 0 Å². The summed E-state index contributed by atoms with van der Waals surface area (Å²) in [5.74, 6) is 1.79. The summed E-state index contributed by atoms with van der Waals surface area (Å²) in [5, 5.41) is 8.75. The summed E-state index contributed by atoms with van der Waals surface area (Å²) in [4.78, 5) is 20.1. The number of hydrogen-bond donors (Lipinski definition) is 1. The topological polar surface area (TPSA) is 62.5 Å². The van der Waals surface area contributed by atoms with E-state index in [0.29, 0.717) is 0 Å². The summed E-state index contributed by atoms with van der Waals surface area (Å²) in [7, 11) is 0. The molecule has 4 heterocycles. The number of aryl methyl sites for hydroxylation is 1. The Hall–Kier alpha value is -1.31. The Morgan fingerprint density at radius 3 is 2.64 bits per heavy atom. The SMILES string of the molecule is CCc1nn2c(=O)cc(CN3CCC(C4CCNCC4)CC3)nc2s1. The minimum absolute atomic E-state index is 0.0551. The fourth-order valence-electron chi connectivity index (χ4n) is 4.25. The number of fused-ring (bicyclic) bond motifs is 1. The molecule has 1 N–H and O–H groups in total. The van der Waals surface area contributed by atoms with Crippen molar-refractivity contribution < 1.29 is 0 Å². The Balaban J connectivity index is 1.39. The second-order valence-electron chi connectivity index (χ2n) is 7.33. The highest BCUT2D eigenvalue weighted by atomic mass is 32.1. The molecule has 2 aromatic heterocycles. The summed E-state index contributed by atoms with van der Waals surface area (Å²) >= 11 is 1.52. The molecule has 25 heavy (non-hydrogen) atoms. The molecule has 2 aliphatic rings. The molecular formula is C18H27N5OS. The predicted molar refractivity (Wildman–Crippen MR) is 100 cm³/mol. The quantitative estimate of drug-likeness (QED) is 0.901. The first-order valence-electron chi connectivity index (χ1n) is 9.54. The van der Waals surface area contributed by atoms with Crippen LogP contribution in [0.5, 0.6) is 0 Å². The zero-order valence-corrected chi connectivity index (χ0v) is 15.7. The van der Waals surface area contributed by atoms with Gasteiger partial charge >= 0.3 is 0 Å². The molecule has 7 heteroatoms. The van der Waals surface area contributed by atoms with Crippen molar-refractivity contribution in [2.24, 2.45) is 11.8 Å². The number of rotatable bonds is 4. The van der Waals surface area contributed by atoms with E-state index >= 15 is 0 Å². The van der Waals surface area contributed by atoms with E-state index in [0.717, 1.165) is 53.6 Å². The highest BCUT2D eigenvalue weighted by molar-refractivity contribution is 7.16. The third-order valence-corrected chi connectivity index (χ3v) is 6.76. The van der Waals surface area contributed by atoms with Gasteiger partial charge in [0.2, 0.25) is 4.96 Å². The summed E-state index contributed by atoms with van der Waals surface area (Å²) < 4.78 is 1.44. The lowest BCUT2D eigenvalue weighted by molar-refractivity contribution is 0.125. The van der Waals surface area contributed by atoms with Gasteiger partial charge in [-0.3, -0.25) is 9.69 Å². The van der Waals surface area contributed by atoms with Gasteiger partial charge in [0, 0.05) is 12.6 Å². The maximum Gasteiger partial charge on any atom is 0.275 e. The van der Waals surface area contributed by atoms with Crippen molar-refractivity contribution in [3.8, 4) is 0 Å². The van der Waals surface area contributed by atoms with E-state index in [1.54, 1.807) is 6.07 Å². The zero-order chi connectivity index (χ0) is 17.2. The molecule has 136 valence electrons. The van der Waals surface area contributed by atoms with Crippen LogP contribution in [0.25, 0.3) is 4.96 Å². The van der Waals surface area contributed by atoms with Crippen LogP contribution in [0.2, 0.25) is 0 Å². The lowest BCUT2D eigenvalue weighted by atomic mass is 9.79. The van der Waals surface area contributed by atoms with Gasteiger partial charge in [0.1, 0.15) is 5.01 Å². The molecule has 4 rings (SSSR count). The van der Waals surface area contributed by atoms with Gasteiger partial charge in [-0.15, -0.1) is 0 Å². The number of aromatic nitrogens is 3. The Morgan fingerprint density at radius 2 is 1.92 bits per heavy atom. The van der Waals surface area contributed by atoms with Gasteiger partial charge in [-0.1, -0.05) is 18.3 Å². The molecule has 6 nitrogen and oxygen atoms in total. The Labute approximate surface area is 152 Å². The van der Waals surface area contributed by atoms with Crippen LogP contribution in [-0.4, -0.2) is 45.7 Å². The molecule has 0 radical (unpaired) electrons. The van der Waals surface area contributed by atoms with Crippen molar-refractivity contribution >= 4 is 16.3 Å². The highest BCUT2D eigenvalue weighted by Crippen LogP contribution is 2.31. The smallest absolute Gasteiger partial charge is 0.275 e. The van der Waals surface area contributed by atoms with Crippen LogP contribution >= 0.6 is 11.3 Å². The zero-order valence-electron chi connectivity index (χ0n) is 14.9. The molecule has 2 fully saturated rings.